The number of allylic oxidation sites excluding steroid dienone is 2. The van der Waals surface area contributed by atoms with Gasteiger partial charge in [0.15, 0.2) is 0 Å². The number of nitrogens with two attached hydrogens (primary N) is 1. The van der Waals surface area contributed by atoms with Gasteiger partial charge in [-0.15, -0.1) is 0 Å². The Balaban J connectivity index is 1.26. The van der Waals surface area contributed by atoms with Crippen molar-refractivity contribution in [1.29, 1.82) is 0 Å². The predicted octanol–water partition coefficient (Wildman–Crippen LogP) is -0.378. The molecule has 3 fully saturated rings. The van der Waals surface area contributed by atoms with Crippen molar-refractivity contribution in [2.24, 2.45) is 5.73 Å². The molecule has 5 N–H and O–H groups in total. The van der Waals surface area contributed by atoms with Gasteiger partial charge in [0.2, 0.25) is 11.8 Å². The van der Waals surface area contributed by atoms with E-state index < -0.39 is 22.2 Å². The van der Waals surface area contributed by atoms with Crippen molar-refractivity contribution in [2.45, 2.75) is 82.5 Å². The van der Waals surface area contributed by atoms with Crippen molar-refractivity contribution < 1.29 is 22.8 Å². The molecule has 2 saturated heterocycles. The first kappa shape index (κ1) is 25.8. The number of imide groups is 1. The van der Waals surface area contributed by atoms with Gasteiger partial charge in [0.1, 0.15) is 6.04 Å². The zero-order chi connectivity index (χ0) is 25.3. The molecule has 1 atom stereocenters. The number of piperidine rings is 2. The quantitative estimate of drug-likeness (QED) is 0.342. The smallest absolute Gasteiger partial charge is 0.281 e. The number of rotatable bonds is 7. The maximum atomic E-state index is 13.1. The molecule has 3 amide bonds. The van der Waals surface area contributed by atoms with E-state index >= 15 is 0 Å². The van der Waals surface area contributed by atoms with Gasteiger partial charge < -0.3 is 16.4 Å². The second kappa shape index (κ2) is 10.4. The van der Waals surface area contributed by atoms with Crippen LogP contribution in [0, 0.1) is 0 Å². The fraction of sp³-hybridized carbons (Fsp3) is 0.696. The lowest BCUT2D eigenvalue weighted by atomic mass is 9.88. The third kappa shape index (κ3) is 5.60. The Hall–Kier alpha value is -2.28. The van der Waals surface area contributed by atoms with Crippen LogP contribution in [0.5, 0.6) is 0 Å². The Kier molecular flexibility index (Phi) is 7.65. The van der Waals surface area contributed by atoms with Crippen molar-refractivity contribution in [3.8, 4) is 0 Å². The Morgan fingerprint density at radius 2 is 1.77 bits per heavy atom. The van der Waals surface area contributed by atoms with Crippen molar-refractivity contribution >= 4 is 27.9 Å². The lowest BCUT2D eigenvalue weighted by Crippen LogP contribution is -2.53. The van der Waals surface area contributed by atoms with E-state index in [1.54, 1.807) is 11.4 Å². The van der Waals surface area contributed by atoms with Crippen LogP contribution in [0.3, 0.4) is 0 Å². The molecule has 12 heteroatoms. The molecule has 1 saturated carbocycles. The first-order valence-electron chi connectivity index (χ1n) is 12.4. The normalized spacial score (nSPS) is 28.9. The van der Waals surface area contributed by atoms with Crippen molar-refractivity contribution in [3.05, 3.63) is 22.9 Å². The average molecular weight is 509 g/mol. The summed E-state index contributed by atoms with van der Waals surface area (Å²) in [6, 6.07) is -0.571. The monoisotopic (exact) mass is 508 g/mol. The number of hydrogen-bond acceptors (Lipinski definition) is 7. The number of nitrogens with zero attached hydrogens (tertiary/aromatic N) is 2. The first-order valence-corrected chi connectivity index (χ1v) is 13.8. The molecule has 0 aromatic heterocycles. The Morgan fingerprint density at radius 3 is 2.37 bits per heavy atom. The highest BCUT2D eigenvalue weighted by Crippen LogP contribution is 2.31. The molecule has 0 aromatic carbocycles. The molecule has 194 valence electrons. The van der Waals surface area contributed by atoms with Crippen LogP contribution in [-0.4, -0.2) is 79.1 Å². The summed E-state index contributed by atoms with van der Waals surface area (Å²) in [5.41, 5.74) is 8.02. The lowest BCUT2D eigenvalue weighted by molar-refractivity contribution is -0.136. The van der Waals surface area contributed by atoms with E-state index in [-0.39, 0.29) is 36.4 Å². The van der Waals surface area contributed by atoms with E-state index in [1.807, 2.05) is 13.0 Å². The van der Waals surface area contributed by atoms with Gasteiger partial charge in [-0.3, -0.25) is 19.7 Å². The minimum Gasteiger partial charge on any atom is -0.382 e. The molecule has 0 aromatic rings. The van der Waals surface area contributed by atoms with E-state index in [0.29, 0.717) is 37.9 Å². The Morgan fingerprint density at radius 1 is 1.11 bits per heavy atom. The molecule has 2 aliphatic carbocycles. The highest BCUT2D eigenvalue weighted by Gasteiger charge is 2.37. The third-order valence-electron chi connectivity index (χ3n) is 7.56. The van der Waals surface area contributed by atoms with Crippen LogP contribution < -0.4 is 21.7 Å². The second-order valence-corrected chi connectivity index (χ2v) is 12.0. The van der Waals surface area contributed by atoms with Gasteiger partial charge in [-0.1, -0.05) is 0 Å². The van der Waals surface area contributed by atoms with Crippen LogP contribution >= 0.6 is 0 Å². The van der Waals surface area contributed by atoms with Crippen LogP contribution in [0.1, 0.15) is 58.3 Å². The van der Waals surface area contributed by atoms with E-state index in [4.69, 9.17) is 5.73 Å². The van der Waals surface area contributed by atoms with E-state index in [0.717, 1.165) is 37.0 Å². The van der Waals surface area contributed by atoms with Gasteiger partial charge >= 0.3 is 0 Å². The lowest BCUT2D eigenvalue weighted by Gasteiger charge is -2.39. The molecule has 0 bridgehead atoms. The molecular formula is C23H36N6O5S. The molecule has 2 aliphatic heterocycles. The minimum atomic E-state index is -3.50. The standard InChI is InChI=1S/C23H36N6O5S/c1-14-13-19(21(14)23(32)26-18-7-8-20(30)27-22(18)31)25-16-3-5-17(6-4-16)28(2)35(33,34)29-11-9-15(24)10-12-29/h13,15-18,25H,3-12,24H2,1-2H3,(H,26,32)(H,27,30,31). The minimum absolute atomic E-state index is 0.0587. The maximum Gasteiger partial charge on any atom is 0.281 e. The van der Waals surface area contributed by atoms with Gasteiger partial charge in [-0.05, 0) is 63.5 Å². The molecule has 4 aliphatic rings. The average Bonchev–Trinajstić information content (AvgIpc) is 2.80. The summed E-state index contributed by atoms with van der Waals surface area (Å²) in [5.74, 6) is -1.13. The van der Waals surface area contributed by atoms with Crippen LogP contribution in [0.2, 0.25) is 0 Å². The fourth-order valence-corrected chi connectivity index (χ4v) is 6.88. The summed E-state index contributed by atoms with van der Waals surface area (Å²) < 4.78 is 29.2. The maximum absolute atomic E-state index is 13.1. The number of nitrogens with one attached hydrogen (secondary N) is 3. The molecule has 2 heterocycles. The van der Waals surface area contributed by atoms with Crippen molar-refractivity contribution in [1.82, 2.24) is 24.6 Å². The SMILES string of the molecule is CC1=C(C(=O)NC2CCC(=O)NC2=O)C(NC2CCC(N(C)S(=O)(=O)N3CCC(N)CC3)CC2)=C1. The van der Waals surface area contributed by atoms with Crippen LogP contribution in [-0.2, 0) is 24.6 Å². The number of hydrogen-bond donors (Lipinski definition) is 4. The summed E-state index contributed by atoms with van der Waals surface area (Å²) in [7, 11) is -1.84. The van der Waals surface area contributed by atoms with E-state index in [1.165, 1.54) is 4.31 Å². The molecule has 11 nitrogen and oxygen atoms in total. The largest absolute Gasteiger partial charge is 0.382 e. The summed E-state index contributed by atoms with van der Waals surface area (Å²) in [5, 5.41) is 8.42. The molecule has 0 spiro atoms. The molecule has 4 rings (SSSR count). The van der Waals surface area contributed by atoms with Crippen LogP contribution in [0.25, 0.3) is 0 Å². The zero-order valence-electron chi connectivity index (χ0n) is 20.4. The predicted molar refractivity (Wildman–Crippen MR) is 130 cm³/mol. The highest BCUT2D eigenvalue weighted by atomic mass is 32.2. The van der Waals surface area contributed by atoms with Gasteiger partial charge in [0.25, 0.3) is 16.1 Å². The molecule has 35 heavy (non-hydrogen) atoms. The van der Waals surface area contributed by atoms with E-state index in [9.17, 15) is 22.8 Å². The summed E-state index contributed by atoms with van der Waals surface area (Å²) >= 11 is 0. The summed E-state index contributed by atoms with van der Waals surface area (Å²) in [6.45, 7) is 2.78. The molecular weight excluding hydrogens is 472 g/mol. The van der Waals surface area contributed by atoms with Gasteiger partial charge in [-0.25, -0.2) is 0 Å². The summed E-state index contributed by atoms with van der Waals surface area (Å²) in [4.78, 5) is 36.1. The number of amides is 3. The van der Waals surface area contributed by atoms with Gasteiger partial charge in [0, 0.05) is 50.4 Å². The topological polar surface area (TPSA) is 154 Å². The zero-order valence-corrected chi connectivity index (χ0v) is 21.2. The van der Waals surface area contributed by atoms with E-state index in [2.05, 4.69) is 16.0 Å². The highest BCUT2D eigenvalue weighted by molar-refractivity contribution is 7.86. The van der Waals surface area contributed by atoms with Gasteiger partial charge in [-0.2, -0.15) is 17.0 Å². The van der Waals surface area contributed by atoms with Crippen LogP contribution in [0.15, 0.2) is 22.9 Å². The number of carbonyl (C=O) groups is 3. The van der Waals surface area contributed by atoms with Crippen LogP contribution in [0.4, 0.5) is 0 Å². The Bertz CT molecular complexity index is 1040. The van der Waals surface area contributed by atoms with Gasteiger partial charge in [0.05, 0.1) is 5.57 Å². The van der Waals surface area contributed by atoms with Crippen molar-refractivity contribution in [2.75, 3.05) is 20.1 Å². The molecule has 0 radical (unpaired) electrons. The number of carbonyl (C=O) groups excluding carboxylic acids is 3. The third-order valence-corrected chi connectivity index (χ3v) is 9.60. The second-order valence-electron chi connectivity index (χ2n) is 10.0. The summed E-state index contributed by atoms with van der Waals surface area (Å²) in [6.07, 6.45) is 6.80. The molecule has 1 unspecified atom stereocenters. The van der Waals surface area contributed by atoms with Crippen molar-refractivity contribution in [3.63, 3.8) is 0 Å². The first-order chi connectivity index (χ1) is 16.6. The Labute approximate surface area is 206 Å². The fourth-order valence-electron chi connectivity index (χ4n) is 5.25.